The third kappa shape index (κ3) is 3.14. The first-order valence-corrected chi connectivity index (χ1v) is 12.2. The van der Waals surface area contributed by atoms with Crippen LogP contribution in [0.1, 0.15) is 78.6 Å². The van der Waals surface area contributed by atoms with Crippen LogP contribution in [0.2, 0.25) is 0 Å². The predicted octanol–water partition coefficient (Wildman–Crippen LogP) is 3.93. The smallest absolute Gasteiger partial charge is 0.212 e. The zero-order valence-electron chi connectivity index (χ0n) is 18.6. The van der Waals surface area contributed by atoms with Crippen molar-refractivity contribution in [3.8, 4) is 0 Å². The lowest BCUT2D eigenvalue weighted by molar-refractivity contribution is -0.123. The standard InChI is InChI=1S/C24H40N4O/c1-15(27-28-22-25-12-13-26-22)19-6-7-20-18-5-4-16-14-17(29)8-10-23(16,2)21(18)9-11-24(19,20)3/h16-21,29H,4-14H2,1-3H3,(H2,25,26,28)/b27-15+/t16?,17-,18?,19+,20?,21?,23-,24+/m0/s1. The number of nitrogens with one attached hydrogen (secondary N) is 2. The Hall–Kier alpha value is -1.10. The highest BCUT2D eigenvalue weighted by molar-refractivity contribution is 5.88. The maximum Gasteiger partial charge on any atom is 0.212 e. The Morgan fingerprint density at radius 2 is 1.86 bits per heavy atom. The first-order valence-electron chi connectivity index (χ1n) is 12.2. The number of hydrogen-bond donors (Lipinski definition) is 3. The number of aliphatic imine (C=N–C) groups is 1. The number of guanidine groups is 1. The molecule has 0 aromatic rings. The van der Waals surface area contributed by atoms with Gasteiger partial charge in [-0.3, -0.25) is 0 Å². The molecule has 3 N–H and O–H groups in total. The molecule has 5 heteroatoms. The number of nitrogens with zero attached hydrogens (tertiary/aromatic N) is 2. The van der Waals surface area contributed by atoms with Crippen molar-refractivity contribution in [2.45, 2.75) is 84.7 Å². The van der Waals surface area contributed by atoms with Crippen LogP contribution in [0.25, 0.3) is 0 Å². The molecular weight excluding hydrogens is 360 g/mol. The molecule has 1 aliphatic heterocycles. The van der Waals surface area contributed by atoms with Gasteiger partial charge in [0.1, 0.15) is 0 Å². The van der Waals surface area contributed by atoms with Crippen LogP contribution < -0.4 is 10.7 Å². The van der Waals surface area contributed by atoms with Crippen LogP contribution in [0.15, 0.2) is 10.1 Å². The van der Waals surface area contributed by atoms with Gasteiger partial charge in [-0.15, -0.1) is 0 Å². The second-order valence-corrected chi connectivity index (χ2v) is 11.3. The molecule has 5 aliphatic rings. The zero-order chi connectivity index (χ0) is 20.2. The first kappa shape index (κ1) is 19.8. The van der Waals surface area contributed by atoms with Crippen LogP contribution in [0, 0.1) is 40.4 Å². The summed E-state index contributed by atoms with van der Waals surface area (Å²) in [5, 5.41) is 18.3. The summed E-state index contributed by atoms with van der Waals surface area (Å²) in [6.07, 6.45) is 11.4. The fourth-order valence-corrected chi connectivity index (χ4v) is 8.61. The Kier molecular flexibility index (Phi) is 4.96. The first-order chi connectivity index (χ1) is 13.9. The molecule has 0 radical (unpaired) electrons. The lowest BCUT2D eigenvalue weighted by Gasteiger charge is -2.61. The van der Waals surface area contributed by atoms with Gasteiger partial charge in [-0.05, 0) is 99.2 Å². The molecule has 0 spiro atoms. The van der Waals surface area contributed by atoms with Crippen LogP contribution >= 0.6 is 0 Å². The number of rotatable bonds is 2. The van der Waals surface area contributed by atoms with Crippen LogP contribution in [0.3, 0.4) is 0 Å². The number of fused-ring (bicyclic) bond motifs is 5. The van der Waals surface area contributed by atoms with Gasteiger partial charge in [-0.2, -0.15) is 5.10 Å². The van der Waals surface area contributed by atoms with E-state index in [4.69, 9.17) is 5.10 Å². The minimum atomic E-state index is -0.0420. The monoisotopic (exact) mass is 400 g/mol. The maximum absolute atomic E-state index is 10.2. The Morgan fingerprint density at radius 3 is 2.66 bits per heavy atom. The Labute approximate surface area is 176 Å². The zero-order valence-corrected chi connectivity index (χ0v) is 18.6. The van der Waals surface area contributed by atoms with E-state index < -0.39 is 0 Å². The average Bonchev–Trinajstić information content (AvgIpc) is 3.34. The van der Waals surface area contributed by atoms with Crippen molar-refractivity contribution in [1.82, 2.24) is 10.7 Å². The molecule has 4 unspecified atom stereocenters. The van der Waals surface area contributed by atoms with E-state index in [1.165, 1.54) is 50.7 Å². The van der Waals surface area contributed by atoms with Gasteiger partial charge in [0.2, 0.25) is 5.96 Å². The average molecular weight is 401 g/mol. The molecule has 4 saturated carbocycles. The van der Waals surface area contributed by atoms with Crippen molar-refractivity contribution in [2.75, 3.05) is 13.1 Å². The van der Waals surface area contributed by atoms with E-state index >= 15 is 0 Å². The highest BCUT2D eigenvalue weighted by atomic mass is 16.3. The van der Waals surface area contributed by atoms with Crippen LogP contribution in [0.5, 0.6) is 0 Å². The van der Waals surface area contributed by atoms with E-state index in [1.54, 1.807) is 0 Å². The summed E-state index contributed by atoms with van der Waals surface area (Å²) < 4.78 is 0. The Bertz CT molecular complexity index is 705. The number of hydrogen-bond acceptors (Lipinski definition) is 5. The highest BCUT2D eigenvalue weighted by Gasteiger charge is 2.60. The van der Waals surface area contributed by atoms with E-state index in [0.29, 0.717) is 16.7 Å². The van der Waals surface area contributed by atoms with E-state index in [2.05, 4.69) is 36.5 Å². The molecule has 5 rings (SSSR count). The lowest BCUT2D eigenvalue weighted by atomic mass is 9.44. The largest absolute Gasteiger partial charge is 0.393 e. The van der Waals surface area contributed by atoms with Crippen molar-refractivity contribution in [3.63, 3.8) is 0 Å². The summed E-state index contributed by atoms with van der Waals surface area (Å²) in [6.45, 7) is 9.16. The van der Waals surface area contributed by atoms with Crippen molar-refractivity contribution < 1.29 is 5.11 Å². The molecule has 0 bridgehead atoms. The molecule has 8 atom stereocenters. The minimum absolute atomic E-state index is 0.0420. The third-order valence-corrected chi connectivity index (χ3v) is 10.2. The fourth-order valence-electron chi connectivity index (χ4n) is 8.61. The molecule has 162 valence electrons. The Morgan fingerprint density at radius 1 is 1.07 bits per heavy atom. The molecule has 4 aliphatic carbocycles. The van der Waals surface area contributed by atoms with Crippen LogP contribution in [0.4, 0.5) is 0 Å². The Balaban J connectivity index is 1.33. The van der Waals surface area contributed by atoms with Crippen LogP contribution in [-0.2, 0) is 0 Å². The summed E-state index contributed by atoms with van der Waals surface area (Å²) >= 11 is 0. The van der Waals surface area contributed by atoms with Crippen molar-refractivity contribution >= 4 is 11.7 Å². The normalized spacial score (nSPS) is 49.5. The summed E-state index contributed by atoms with van der Waals surface area (Å²) in [5.41, 5.74) is 5.32. The van der Waals surface area contributed by atoms with Gasteiger partial charge in [0.15, 0.2) is 0 Å². The number of aliphatic hydroxyl groups excluding tert-OH is 1. The van der Waals surface area contributed by atoms with Gasteiger partial charge >= 0.3 is 0 Å². The highest BCUT2D eigenvalue weighted by Crippen LogP contribution is 2.67. The maximum atomic E-state index is 10.2. The second-order valence-electron chi connectivity index (χ2n) is 11.3. The molecule has 4 fully saturated rings. The molecule has 0 aromatic carbocycles. The fraction of sp³-hybridized carbons (Fsp3) is 0.917. The lowest BCUT2D eigenvalue weighted by Crippen LogP contribution is -2.54. The summed E-state index contributed by atoms with van der Waals surface area (Å²) in [4.78, 5) is 4.41. The van der Waals surface area contributed by atoms with Gasteiger partial charge in [0.05, 0.1) is 12.6 Å². The summed E-state index contributed by atoms with van der Waals surface area (Å²) in [7, 11) is 0. The quantitative estimate of drug-likeness (QED) is 0.486. The molecule has 29 heavy (non-hydrogen) atoms. The van der Waals surface area contributed by atoms with E-state index in [-0.39, 0.29) is 6.10 Å². The van der Waals surface area contributed by atoms with E-state index in [1.807, 2.05) is 0 Å². The number of aliphatic hydroxyl groups is 1. The molecular formula is C24H40N4O. The van der Waals surface area contributed by atoms with E-state index in [0.717, 1.165) is 55.6 Å². The molecule has 0 saturated heterocycles. The molecule has 0 aromatic heterocycles. The van der Waals surface area contributed by atoms with Gasteiger partial charge in [-0.25, -0.2) is 10.4 Å². The molecule has 0 amide bonds. The minimum Gasteiger partial charge on any atom is -0.393 e. The topological polar surface area (TPSA) is 69.0 Å². The van der Waals surface area contributed by atoms with Crippen molar-refractivity contribution in [2.24, 2.45) is 50.5 Å². The summed E-state index contributed by atoms with van der Waals surface area (Å²) in [6, 6.07) is 0. The van der Waals surface area contributed by atoms with Gasteiger partial charge < -0.3 is 10.4 Å². The summed E-state index contributed by atoms with van der Waals surface area (Å²) in [5.74, 6) is 4.79. The molecule has 5 nitrogen and oxygen atoms in total. The van der Waals surface area contributed by atoms with Gasteiger partial charge in [0, 0.05) is 18.2 Å². The molecule has 1 heterocycles. The van der Waals surface area contributed by atoms with Crippen LogP contribution in [-0.4, -0.2) is 36.0 Å². The van der Waals surface area contributed by atoms with Gasteiger partial charge in [0.25, 0.3) is 0 Å². The predicted molar refractivity (Wildman–Crippen MR) is 118 cm³/mol. The van der Waals surface area contributed by atoms with Gasteiger partial charge in [-0.1, -0.05) is 13.8 Å². The SMILES string of the molecule is C/C(=N\NC1=NCCN1)[C@H]1CCC2C3CCC4C[C@@H](O)CC[C@]4(C)C3CC[C@@]21C. The van der Waals surface area contributed by atoms with E-state index in [9.17, 15) is 5.11 Å². The van der Waals surface area contributed by atoms with Crippen molar-refractivity contribution in [3.05, 3.63) is 0 Å². The number of hydrazone groups is 1. The van der Waals surface area contributed by atoms with Crippen molar-refractivity contribution in [1.29, 1.82) is 0 Å². The second kappa shape index (κ2) is 7.25. The third-order valence-electron chi connectivity index (χ3n) is 10.2.